The Bertz CT molecular complexity index is 671. The maximum atomic E-state index is 8.95. The predicted molar refractivity (Wildman–Crippen MR) is 84.1 cm³/mol. The zero-order valence-corrected chi connectivity index (χ0v) is 12.2. The molecular formula is C16H15N3S. The molecule has 1 aliphatic heterocycles. The molecule has 0 saturated carbocycles. The number of thioether (sulfide) groups is 1. The third-order valence-corrected chi connectivity index (χ3v) is 4.57. The summed E-state index contributed by atoms with van der Waals surface area (Å²) in [5, 5.41) is 12.7. The molecular weight excluding hydrogens is 266 g/mol. The lowest BCUT2D eigenvalue weighted by Gasteiger charge is -2.15. The van der Waals surface area contributed by atoms with Gasteiger partial charge in [-0.05, 0) is 35.9 Å². The highest BCUT2D eigenvalue weighted by Gasteiger charge is 2.23. The summed E-state index contributed by atoms with van der Waals surface area (Å²) in [6, 6.07) is 16.5. The van der Waals surface area contributed by atoms with Gasteiger partial charge in [-0.2, -0.15) is 5.26 Å². The Morgan fingerprint density at radius 2 is 1.90 bits per heavy atom. The number of nitriles is 1. The van der Waals surface area contributed by atoms with E-state index in [1.807, 2.05) is 32.3 Å². The van der Waals surface area contributed by atoms with Crippen molar-refractivity contribution in [3.8, 4) is 6.07 Å². The number of nitrogens with zero attached hydrogens (tertiary/aromatic N) is 2. The maximum absolute atomic E-state index is 8.95. The van der Waals surface area contributed by atoms with Crippen LogP contribution in [0.4, 0.5) is 11.4 Å². The molecule has 0 aliphatic carbocycles. The van der Waals surface area contributed by atoms with Gasteiger partial charge in [0.05, 0.1) is 11.6 Å². The lowest BCUT2D eigenvalue weighted by molar-refractivity contribution is 1.10. The Labute approximate surface area is 123 Å². The Morgan fingerprint density at radius 3 is 2.55 bits per heavy atom. The SMILES string of the molecule is CN(C)c1ccc(C2Nc3ccc(C#N)cc3S2)cc1. The second-order valence-corrected chi connectivity index (χ2v) is 6.10. The van der Waals surface area contributed by atoms with Crippen LogP contribution in [0.3, 0.4) is 0 Å². The summed E-state index contributed by atoms with van der Waals surface area (Å²) in [4.78, 5) is 3.23. The van der Waals surface area contributed by atoms with Gasteiger partial charge in [-0.15, -0.1) is 0 Å². The Balaban J connectivity index is 1.83. The van der Waals surface area contributed by atoms with Gasteiger partial charge in [0, 0.05) is 30.4 Å². The van der Waals surface area contributed by atoms with Crippen LogP contribution in [0.2, 0.25) is 0 Å². The van der Waals surface area contributed by atoms with Crippen molar-refractivity contribution >= 4 is 23.1 Å². The molecule has 0 bridgehead atoms. The topological polar surface area (TPSA) is 39.1 Å². The molecule has 100 valence electrons. The first-order valence-electron chi connectivity index (χ1n) is 6.42. The fourth-order valence-corrected chi connectivity index (χ4v) is 3.39. The molecule has 20 heavy (non-hydrogen) atoms. The third-order valence-electron chi connectivity index (χ3n) is 3.35. The monoisotopic (exact) mass is 281 g/mol. The summed E-state index contributed by atoms with van der Waals surface area (Å²) in [5.74, 6) is 0. The van der Waals surface area contributed by atoms with Crippen molar-refractivity contribution in [2.75, 3.05) is 24.3 Å². The molecule has 0 radical (unpaired) electrons. The quantitative estimate of drug-likeness (QED) is 0.907. The van der Waals surface area contributed by atoms with E-state index in [1.165, 1.54) is 11.3 Å². The predicted octanol–water partition coefficient (Wildman–Crippen LogP) is 3.84. The average Bonchev–Trinajstić information content (AvgIpc) is 2.90. The van der Waals surface area contributed by atoms with Gasteiger partial charge in [-0.3, -0.25) is 0 Å². The molecule has 1 unspecified atom stereocenters. The molecule has 1 N–H and O–H groups in total. The van der Waals surface area contributed by atoms with Gasteiger partial charge in [0.25, 0.3) is 0 Å². The van der Waals surface area contributed by atoms with E-state index in [9.17, 15) is 0 Å². The number of hydrogen-bond acceptors (Lipinski definition) is 4. The third kappa shape index (κ3) is 2.33. The van der Waals surface area contributed by atoms with E-state index in [2.05, 4.69) is 40.6 Å². The van der Waals surface area contributed by atoms with Crippen LogP contribution in [0, 0.1) is 11.3 Å². The molecule has 0 aromatic heterocycles. The molecule has 0 fully saturated rings. The van der Waals surface area contributed by atoms with Gasteiger partial charge in [-0.25, -0.2) is 0 Å². The van der Waals surface area contributed by atoms with E-state index in [4.69, 9.17) is 5.26 Å². The van der Waals surface area contributed by atoms with E-state index in [0.29, 0.717) is 5.56 Å². The highest BCUT2D eigenvalue weighted by atomic mass is 32.2. The van der Waals surface area contributed by atoms with Crippen LogP contribution in [-0.2, 0) is 0 Å². The lowest BCUT2D eigenvalue weighted by atomic mass is 10.2. The van der Waals surface area contributed by atoms with Crippen LogP contribution in [0.25, 0.3) is 0 Å². The number of benzene rings is 2. The first-order chi connectivity index (χ1) is 9.67. The summed E-state index contributed by atoms with van der Waals surface area (Å²) >= 11 is 1.76. The molecule has 1 aliphatic rings. The Morgan fingerprint density at radius 1 is 1.15 bits per heavy atom. The lowest BCUT2D eigenvalue weighted by Crippen LogP contribution is -2.08. The van der Waals surface area contributed by atoms with Crippen molar-refractivity contribution < 1.29 is 0 Å². The summed E-state index contributed by atoms with van der Waals surface area (Å²) < 4.78 is 0. The van der Waals surface area contributed by atoms with Gasteiger partial charge in [0.1, 0.15) is 5.37 Å². The van der Waals surface area contributed by atoms with Gasteiger partial charge in [0.2, 0.25) is 0 Å². The van der Waals surface area contributed by atoms with Crippen LogP contribution in [-0.4, -0.2) is 14.1 Å². The van der Waals surface area contributed by atoms with Crippen LogP contribution < -0.4 is 10.2 Å². The zero-order valence-electron chi connectivity index (χ0n) is 11.4. The zero-order chi connectivity index (χ0) is 14.1. The van der Waals surface area contributed by atoms with E-state index in [0.717, 1.165) is 10.6 Å². The molecule has 3 nitrogen and oxygen atoms in total. The summed E-state index contributed by atoms with van der Waals surface area (Å²) in [5.41, 5.74) is 4.26. The smallest absolute Gasteiger partial charge is 0.103 e. The van der Waals surface area contributed by atoms with Gasteiger partial charge < -0.3 is 10.2 Å². The van der Waals surface area contributed by atoms with E-state index in [-0.39, 0.29) is 5.37 Å². The normalized spacial score (nSPS) is 16.1. The minimum Gasteiger partial charge on any atom is -0.378 e. The van der Waals surface area contributed by atoms with Crippen molar-refractivity contribution in [1.82, 2.24) is 0 Å². The van der Waals surface area contributed by atoms with Crippen LogP contribution >= 0.6 is 11.8 Å². The fraction of sp³-hybridized carbons (Fsp3) is 0.188. The van der Waals surface area contributed by atoms with Crippen molar-refractivity contribution in [2.24, 2.45) is 0 Å². The largest absolute Gasteiger partial charge is 0.378 e. The number of nitrogens with one attached hydrogen (secondary N) is 1. The van der Waals surface area contributed by atoms with Crippen LogP contribution in [0.15, 0.2) is 47.4 Å². The Hall–Kier alpha value is -2.12. The van der Waals surface area contributed by atoms with Crippen LogP contribution in [0.1, 0.15) is 16.5 Å². The molecule has 1 heterocycles. The fourth-order valence-electron chi connectivity index (χ4n) is 2.20. The molecule has 2 aromatic carbocycles. The number of hydrogen-bond donors (Lipinski definition) is 1. The minimum atomic E-state index is 0.218. The molecule has 1 atom stereocenters. The number of anilines is 2. The second kappa shape index (κ2) is 5.10. The van der Waals surface area contributed by atoms with Crippen LogP contribution in [0.5, 0.6) is 0 Å². The second-order valence-electron chi connectivity index (χ2n) is 4.95. The molecule has 0 spiro atoms. The molecule has 0 amide bonds. The van der Waals surface area contributed by atoms with E-state index >= 15 is 0 Å². The Kier molecular flexibility index (Phi) is 3.29. The summed E-state index contributed by atoms with van der Waals surface area (Å²) in [7, 11) is 4.08. The van der Waals surface area contributed by atoms with Crippen molar-refractivity contribution in [1.29, 1.82) is 5.26 Å². The standard InChI is InChI=1S/C16H15N3S/c1-19(2)13-6-4-12(5-7-13)16-18-14-8-3-11(10-17)9-15(14)20-16/h3-9,16,18H,1-2H3. The maximum Gasteiger partial charge on any atom is 0.103 e. The summed E-state index contributed by atoms with van der Waals surface area (Å²) in [6.45, 7) is 0. The van der Waals surface area contributed by atoms with Gasteiger partial charge in [0.15, 0.2) is 0 Å². The molecule has 3 rings (SSSR count). The van der Waals surface area contributed by atoms with Crippen molar-refractivity contribution in [3.63, 3.8) is 0 Å². The molecule has 2 aromatic rings. The highest BCUT2D eigenvalue weighted by molar-refractivity contribution is 8.00. The van der Waals surface area contributed by atoms with E-state index < -0.39 is 0 Å². The van der Waals surface area contributed by atoms with E-state index in [1.54, 1.807) is 11.8 Å². The highest BCUT2D eigenvalue weighted by Crippen LogP contribution is 2.46. The van der Waals surface area contributed by atoms with Gasteiger partial charge >= 0.3 is 0 Å². The first-order valence-corrected chi connectivity index (χ1v) is 7.30. The van der Waals surface area contributed by atoms with Crippen molar-refractivity contribution in [3.05, 3.63) is 53.6 Å². The molecule has 4 heteroatoms. The number of rotatable bonds is 2. The minimum absolute atomic E-state index is 0.218. The number of fused-ring (bicyclic) bond motifs is 1. The molecule has 0 saturated heterocycles. The first kappa shape index (κ1) is 12.9. The van der Waals surface area contributed by atoms with Crippen molar-refractivity contribution in [2.45, 2.75) is 10.3 Å². The average molecular weight is 281 g/mol. The summed E-state index contributed by atoms with van der Waals surface area (Å²) in [6.07, 6.45) is 0. The van der Waals surface area contributed by atoms with Gasteiger partial charge in [-0.1, -0.05) is 23.9 Å².